The van der Waals surface area contributed by atoms with Crippen molar-refractivity contribution in [3.8, 4) is 5.75 Å². The van der Waals surface area contributed by atoms with Gasteiger partial charge in [0.25, 0.3) is 0 Å². The lowest BCUT2D eigenvalue weighted by Crippen LogP contribution is -2.41. The van der Waals surface area contributed by atoms with Crippen LogP contribution >= 0.6 is 0 Å². The predicted octanol–water partition coefficient (Wildman–Crippen LogP) is 3.23. The standard InChI is InChI=1S/C19H22N2O2/c1-19(2)12-16(15-11-14(20)8-9-17(15)23-19)21-18(22)10-13-6-4-3-5-7-13/h3-9,11,16H,10,12,20H2,1-2H3,(H,21,22). The average Bonchev–Trinajstić information content (AvgIpc) is 2.48. The molecule has 4 heteroatoms. The summed E-state index contributed by atoms with van der Waals surface area (Å²) in [6.07, 6.45) is 1.08. The van der Waals surface area contributed by atoms with Gasteiger partial charge in [0, 0.05) is 17.7 Å². The van der Waals surface area contributed by atoms with Crippen molar-refractivity contribution >= 4 is 11.6 Å². The Labute approximate surface area is 136 Å². The maximum Gasteiger partial charge on any atom is 0.224 e. The molecule has 0 aliphatic carbocycles. The fraction of sp³-hybridized carbons (Fsp3) is 0.316. The van der Waals surface area contributed by atoms with E-state index < -0.39 is 0 Å². The van der Waals surface area contributed by atoms with Crippen LogP contribution in [0.1, 0.15) is 37.4 Å². The van der Waals surface area contributed by atoms with Gasteiger partial charge in [0.2, 0.25) is 5.91 Å². The van der Waals surface area contributed by atoms with E-state index in [2.05, 4.69) is 5.32 Å². The fourth-order valence-corrected chi connectivity index (χ4v) is 3.03. The summed E-state index contributed by atoms with van der Waals surface area (Å²) >= 11 is 0. The van der Waals surface area contributed by atoms with Gasteiger partial charge in [-0.25, -0.2) is 0 Å². The van der Waals surface area contributed by atoms with Crippen LogP contribution in [0.2, 0.25) is 0 Å². The number of nitrogen functional groups attached to an aromatic ring is 1. The summed E-state index contributed by atoms with van der Waals surface area (Å²) < 4.78 is 6.00. The summed E-state index contributed by atoms with van der Waals surface area (Å²) in [5, 5.41) is 3.13. The number of fused-ring (bicyclic) bond motifs is 1. The van der Waals surface area contributed by atoms with Gasteiger partial charge in [-0.2, -0.15) is 0 Å². The molecule has 1 atom stereocenters. The second kappa shape index (κ2) is 5.95. The highest BCUT2D eigenvalue weighted by molar-refractivity contribution is 5.79. The molecule has 0 radical (unpaired) electrons. The van der Waals surface area contributed by atoms with Crippen LogP contribution in [0.15, 0.2) is 48.5 Å². The normalized spacial score (nSPS) is 18.6. The molecule has 0 spiro atoms. The number of nitrogens with one attached hydrogen (secondary N) is 1. The molecule has 23 heavy (non-hydrogen) atoms. The van der Waals surface area contributed by atoms with Gasteiger partial charge in [-0.05, 0) is 37.6 Å². The first-order chi connectivity index (χ1) is 10.9. The van der Waals surface area contributed by atoms with Crippen molar-refractivity contribution in [3.63, 3.8) is 0 Å². The first-order valence-corrected chi connectivity index (χ1v) is 7.85. The number of carbonyl (C=O) groups is 1. The van der Waals surface area contributed by atoms with Gasteiger partial charge in [0.05, 0.1) is 12.5 Å². The maximum atomic E-state index is 12.4. The predicted molar refractivity (Wildman–Crippen MR) is 91.2 cm³/mol. The topological polar surface area (TPSA) is 64.4 Å². The van der Waals surface area contributed by atoms with E-state index >= 15 is 0 Å². The lowest BCUT2D eigenvalue weighted by atomic mass is 9.89. The van der Waals surface area contributed by atoms with Crippen molar-refractivity contribution in [1.82, 2.24) is 5.32 Å². The molecule has 3 rings (SSSR count). The Kier molecular flexibility index (Phi) is 3.99. The van der Waals surface area contributed by atoms with Crippen molar-refractivity contribution in [2.75, 3.05) is 5.73 Å². The van der Waals surface area contributed by atoms with Crippen LogP contribution < -0.4 is 15.8 Å². The van der Waals surface area contributed by atoms with Crippen molar-refractivity contribution in [2.45, 2.75) is 38.3 Å². The van der Waals surface area contributed by atoms with E-state index in [1.807, 2.05) is 62.4 Å². The molecule has 1 unspecified atom stereocenters. The van der Waals surface area contributed by atoms with Crippen LogP contribution in [0, 0.1) is 0 Å². The van der Waals surface area contributed by atoms with Crippen LogP contribution in [-0.2, 0) is 11.2 Å². The van der Waals surface area contributed by atoms with E-state index in [0.717, 1.165) is 16.9 Å². The number of hydrogen-bond donors (Lipinski definition) is 2. The zero-order valence-electron chi connectivity index (χ0n) is 13.5. The monoisotopic (exact) mass is 310 g/mol. The van der Waals surface area contributed by atoms with Crippen LogP contribution in [0.25, 0.3) is 0 Å². The zero-order chi connectivity index (χ0) is 16.4. The molecule has 0 bridgehead atoms. The number of amides is 1. The van der Waals surface area contributed by atoms with Crippen molar-refractivity contribution in [3.05, 3.63) is 59.7 Å². The van der Waals surface area contributed by atoms with Crippen LogP contribution in [0.4, 0.5) is 5.69 Å². The highest BCUT2D eigenvalue weighted by Crippen LogP contribution is 2.40. The molecule has 1 amide bonds. The van der Waals surface area contributed by atoms with E-state index in [4.69, 9.17) is 10.5 Å². The molecular formula is C19H22N2O2. The Balaban J connectivity index is 1.79. The summed E-state index contributed by atoms with van der Waals surface area (Å²) in [6, 6.07) is 15.2. The minimum absolute atomic E-state index is 0.00674. The van der Waals surface area contributed by atoms with E-state index in [9.17, 15) is 4.79 Å². The van der Waals surface area contributed by atoms with E-state index in [1.165, 1.54) is 0 Å². The Morgan fingerprint density at radius 2 is 2.00 bits per heavy atom. The van der Waals surface area contributed by atoms with Gasteiger partial charge in [0.15, 0.2) is 0 Å². The molecule has 2 aromatic carbocycles. The van der Waals surface area contributed by atoms with Crippen LogP contribution in [0.3, 0.4) is 0 Å². The molecule has 1 aliphatic heterocycles. The first-order valence-electron chi connectivity index (χ1n) is 7.85. The second-order valence-electron chi connectivity index (χ2n) is 6.65. The third kappa shape index (κ3) is 3.65. The lowest BCUT2D eigenvalue weighted by molar-refractivity contribution is -0.121. The fourth-order valence-electron chi connectivity index (χ4n) is 3.03. The Morgan fingerprint density at radius 1 is 1.26 bits per heavy atom. The average molecular weight is 310 g/mol. The molecule has 0 saturated heterocycles. The van der Waals surface area contributed by atoms with E-state index in [-0.39, 0.29) is 17.6 Å². The molecular weight excluding hydrogens is 288 g/mol. The van der Waals surface area contributed by atoms with Gasteiger partial charge in [-0.1, -0.05) is 30.3 Å². The molecule has 3 N–H and O–H groups in total. The molecule has 4 nitrogen and oxygen atoms in total. The minimum atomic E-state index is -0.326. The number of anilines is 1. The number of hydrogen-bond acceptors (Lipinski definition) is 3. The molecule has 120 valence electrons. The van der Waals surface area contributed by atoms with Gasteiger partial charge in [0.1, 0.15) is 11.4 Å². The number of rotatable bonds is 3. The first kappa shape index (κ1) is 15.4. The van der Waals surface area contributed by atoms with Crippen LogP contribution in [0.5, 0.6) is 5.75 Å². The summed E-state index contributed by atoms with van der Waals surface area (Å²) in [4.78, 5) is 12.4. The third-order valence-electron chi connectivity index (χ3n) is 4.03. The summed E-state index contributed by atoms with van der Waals surface area (Å²) in [6.45, 7) is 4.06. The number of nitrogens with two attached hydrogens (primary N) is 1. The summed E-state index contributed by atoms with van der Waals surface area (Å²) in [7, 11) is 0. The maximum absolute atomic E-state index is 12.4. The van der Waals surface area contributed by atoms with Gasteiger partial charge >= 0.3 is 0 Å². The van der Waals surface area contributed by atoms with Crippen molar-refractivity contribution in [1.29, 1.82) is 0 Å². The molecule has 1 heterocycles. The number of benzene rings is 2. The molecule has 2 aromatic rings. The van der Waals surface area contributed by atoms with Gasteiger partial charge < -0.3 is 15.8 Å². The number of ether oxygens (including phenoxy) is 1. The molecule has 0 saturated carbocycles. The Morgan fingerprint density at radius 3 is 2.74 bits per heavy atom. The minimum Gasteiger partial charge on any atom is -0.487 e. The van der Waals surface area contributed by atoms with E-state index in [0.29, 0.717) is 18.5 Å². The Bertz CT molecular complexity index is 711. The molecule has 0 aromatic heterocycles. The van der Waals surface area contributed by atoms with Crippen molar-refractivity contribution in [2.24, 2.45) is 0 Å². The zero-order valence-corrected chi connectivity index (χ0v) is 13.5. The van der Waals surface area contributed by atoms with Crippen LogP contribution in [-0.4, -0.2) is 11.5 Å². The molecule has 0 fully saturated rings. The summed E-state index contributed by atoms with van der Waals surface area (Å²) in [5.41, 5.74) is 8.20. The van der Waals surface area contributed by atoms with Gasteiger partial charge in [-0.3, -0.25) is 4.79 Å². The second-order valence-corrected chi connectivity index (χ2v) is 6.65. The lowest BCUT2D eigenvalue weighted by Gasteiger charge is -2.38. The third-order valence-corrected chi connectivity index (χ3v) is 4.03. The smallest absolute Gasteiger partial charge is 0.224 e. The molecule has 1 aliphatic rings. The summed E-state index contributed by atoms with van der Waals surface area (Å²) in [5.74, 6) is 0.799. The largest absolute Gasteiger partial charge is 0.487 e. The van der Waals surface area contributed by atoms with Gasteiger partial charge in [-0.15, -0.1) is 0 Å². The highest BCUT2D eigenvalue weighted by Gasteiger charge is 2.34. The van der Waals surface area contributed by atoms with E-state index in [1.54, 1.807) is 0 Å². The number of carbonyl (C=O) groups excluding carboxylic acids is 1. The highest BCUT2D eigenvalue weighted by atomic mass is 16.5. The van der Waals surface area contributed by atoms with Crippen molar-refractivity contribution < 1.29 is 9.53 Å². The SMILES string of the molecule is CC1(C)CC(NC(=O)Cc2ccccc2)c2cc(N)ccc2O1. The Hall–Kier alpha value is -2.49. The quantitative estimate of drug-likeness (QED) is 0.856.